The summed E-state index contributed by atoms with van der Waals surface area (Å²) >= 11 is 0. The third-order valence-corrected chi connectivity index (χ3v) is 4.89. The molecule has 0 fully saturated rings. The van der Waals surface area contributed by atoms with Crippen molar-refractivity contribution in [3.8, 4) is 5.75 Å². The Balaban J connectivity index is 1.61. The number of rotatable bonds is 2. The predicted octanol–water partition coefficient (Wildman–Crippen LogP) is 4.93. The Morgan fingerprint density at radius 2 is 1.48 bits per heavy atom. The summed E-state index contributed by atoms with van der Waals surface area (Å²) in [5, 5.41) is 7.09. The fourth-order valence-electron chi connectivity index (χ4n) is 3.68. The molecular weight excluding hydrogens is 308 g/mol. The van der Waals surface area contributed by atoms with E-state index in [0.717, 1.165) is 23.4 Å². The molecule has 0 saturated heterocycles. The van der Waals surface area contributed by atoms with E-state index in [4.69, 9.17) is 9.84 Å². The largest absolute Gasteiger partial charge is 0.464 e. The molecule has 0 saturated carbocycles. The summed E-state index contributed by atoms with van der Waals surface area (Å²) in [6, 6.07) is 29.3. The molecule has 3 nitrogen and oxygen atoms in total. The lowest BCUT2D eigenvalue weighted by Gasteiger charge is -2.38. The molecule has 2 heterocycles. The summed E-state index contributed by atoms with van der Waals surface area (Å²) in [5.74, 6) is 0.960. The van der Waals surface area contributed by atoms with Crippen LogP contribution in [0.2, 0.25) is 0 Å². The maximum absolute atomic E-state index is 6.33. The Morgan fingerprint density at radius 3 is 2.28 bits per heavy atom. The van der Waals surface area contributed by atoms with Crippen molar-refractivity contribution in [3.05, 3.63) is 102 Å². The fourth-order valence-corrected chi connectivity index (χ4v) is 3.68. The lowest BCUT2D eigenvalue weighted by molar-refractivity contribution is -0.0190. The Kier molecular flexibility index (Phi) is 3.30. The van der Waals surface area contributed by atoms with Crippen molar-refractivity contribution in [2.24, 2.45) is 5.10 Å². The van der Waals surface area contributed by atoms with Crippen LogP contribution in [-0.4, -0.2) is 10.7 Å². The Morgan fingerprint density at radius 1 is 0.800 bits per heavy atom. The van der Waals surface area contributed by atoms with Crippen molar-refractivity contribution in [2.75, 3.05) is 0 Å². The van der Waals surface area contributed by atoms with Gasteiger partial charge in [-0.15, -0.1) is 0 Å². The molecule has 2 unspecified atom stereocenters. The lowest BCUT2D eigenvalue weighted by Crippen LogP contribution is -2.33. The molecule has 3 heteroatoms. The van der Waals surface area contributed by atoms with Gasteiger partial charge in [0.25, 0.3) is 0 Å². The average molecular weight is 326 g/mol. The number of benzene rings is 3. The highest BCUT2D eigenvalue weighted by atomic mass is 16.5. The maximum Gasteiger partial charge on any atom is 0.213 e. The highest BCUT2D eigenvalue weighted by molar-refractivity contribution is 6.01. The van der Waals surface area contributed by atoms with Gasteiger partial charge in [0.15, 0.2) is 0 Å². The molecule has 0 N–H and O–H groups in total. The molecule has 0 spiro atoms. The molecule has 0 aromatic heterocycles. The molecule has 3 aromatic rings. The van der Waals surface area contributed by atoms with Crippen molar-refractivity contribution in [2.45, 2.75) is 18.7 Å². The Hall–Kier alpha value is -3.07. The van der Waals surface area contributed by atoms with Gasteiger partial charge in [-0.1, -0.05) is 78.9 Å². The van der Waals surface area contributed by atoms with Crippen LogP contribution < -0.4 is 4.74 Å². The van der Waals surface area contributed by atoms with Gasteiger partial charge in [0.2, 0.25) is 6.23 Å². The summed E-state index contributed by atoms with van der Waals surface area (Å²) in [7, 11) is 0. The smallest absolute Gasteiger partial charge is 0.213 e. The first-order chi connectivity index (χ1) is 12.4. The van der Waals surface area contributed by atoms with Crippen LogP contribution in [0.25, 0.3) is 0 Å². The number of fused-ring (bicyclic) bond motifs is 3. The standard InChI is InChI=1S/C22H18N2O/c1-3-9-16(10-4-1)19-15-20-18-13-7-8-14-21(18)25-22(24(20)23-19)17-11-5-2-6-12-17/h1-14,20,22H,15H2. The molecule has 5 rings (SSSR count). The second kappa shape index (κ2) is 5.78. The molecular formula is C22H18N2O. The van der Waals surface area contributed by atoms with Crippen LogP contribution in [0.1, 0.15) is 35.4 Å². The summed E-state index contributed by atoms with van der Waals surface area (Å²) < 4.78 is 6.33. The third kappa shape index (κ3) is 2.40. The number of hydrazone groups is 1. The molecule has 0 amide bonds. The molecule has 2 aliphatic rings. The molecule has 3 aromatic carbocycles. The van der Waals surface area contributed by atoms with E-state index in [9.17, 15) is 0 Å². The lowest BCUT2D eigenvalue weighted by atomic mass is 9.96. The monoisotopic (exact) mass is 326 g/mol. The molecule has 2 atom stereocenters. The van der Waals surface area contributed by atoms with Crippen LogP contribution >= 0.6 is 0 Å². The number of hydrogen-bond donors (Lipinski definition) is 0. The van der Waals surface area contributed by atoms with E-state index in [1.807, 2.05) is 30.3 Å². The van der Waals surface area contributed by atoms with Crippen molar-refractivity contribution >= 4 is 5.71 Å². The van der Waals surface area contributed by atoms with E-state index in [2.05, 4.69) is 59.6 Å². The highest BCUT2D eigenvalue weighted by Gasteiger charge is 2.40. The maximum atomic E-state index is 6.33. The normalized spacial score (nSPS) is 21.1. The van der Waals surface area contributed by atoms with Crippen LogP contribution in [0.4, 0.5) is 0 Å². The van der Waals surface area contributed by atoms with Gasteiger partial charge in [0, 0.05) is 17.5 Å². The highest BCUT2D eigenvalue weighted by Crippen LogP contribution is 2.47. The topological polar surface area (TPSA) is 24.8 Å². The molecule has 0 aliphatic carbocycles. The molecule has 2 aliphatic heterocycles. The Bertz CT molecular complexity index is 921. The summed E-state index contributed by atoms with van der Waals surface area (Å²) in [6.45, 7) is 0. The average Bonchev–Trinajstić information content (AvgIpc) is 3.14. The van der Waals surface area contributed by atoms with Gasteiger partial charge < -0.3 is 4.74 Å². The van der Waals surface area contributed by atoms with Gasteiger partial charge in [-0.05, 0) is 11.6 Å². The van der Waals surface area contributed by atoms with E-state index < -0.39 is 0 Å². The van der Waals surface area contributed by atoms with Gasteiger partial charge >= 0.3 is 0 Å². The van der Waals surface area contributed by atoms with Crippen molar-refractivity contribution in [3.63, 3.8) is 0 Å². The van der Waals surface area contributed by atoms with E-state index >= 15 is 0 Å². The molecule has 122 valence electrons. The number of nitrogens with zero attached hydrogens (tertiary/aromatic N) is 2. The first-order valence-corrected chi connectivity index (χ1v) is 8.62. The van der Waals surface area contributed by atoms with Crippen molar-refractivity contribution < 1.29 is 4.74 Å². The second-order valence-corrected chi connectivity index (χ2v) is 6.43. The minimum atomic E-state index is -0.192. The first kappa shape index (κ1) is 14.3. The van der Waals surface area contributed by atoms with E-state index in [1.165, 1.54) is 11.1 Å². The van der Waals surface area contributed by atoms with Crippen LogP contribution in [-0.2, 0) is 0 Å². The van der Waals surface area contributed by atoms with E-state index in [-0.39, 0.29) is 12.3 Å². The first-order valence-electron chi connectivity index (χ1n) is 8.62. The van der Waals surface area contributed by atoms with Crippen molar-refractivity contribution in [1.29, 1.82) is 0 Å². The second-order valence-electron chi connectivity index (χ2n) is 6.43. The van der Waals surface area contributed by atoms with E-state index in [0.29, 0.717) is 0 Å². The van der Waals surface area contributed by atoms with Gasteiger partial charge in [-0.3, -0.25) is 0 Å². The summed E-state index contributed by atoms with van der Waals surface area (Å²) in [5.41, 5.74) is 4.64. The number of hydrogen-bond acceptors (Lipinski definition) is 3. The molecule has 0 bridgehead atoms. The third-order valence-electron chi connectivity index (χ3n) is 4.89. The van der Waals surface area contributed by atoms with Crippen LogP contribution in [0.15, 0.2) is 90.0 Å². The molecule has 0 radical (unpaired) electrons. The van der Waals surface area contributed by atoms with Crippen LogP contribution in [0.3, 0.4) is 0 Å². The quantitative estimate of drug-likeness (QED) is 0.667. The molecule has 25 heavy (non-hydrogen) atoms. The van der Waals surface area contributed by atoms with Gasteiger partial charge in [-0.25, -0.2) is 5.01 Å². The zero-order valence-electron chi connectivity index (χ0n) is 13.7. The zero-order chi connectivity index (χ0) is 16.6. The minimum Gasteiger partial charge on any atom is -0.464 e. The number of ether oxygens (including phenoxy) is 1. The minimum absolute atomic E-state index is 0.192. The predicted molar refractivity (Wildman–Crippen MR) is 98.4 cm³/mol. The summed E-state index contributed by atoms with van der Waals surface area (Å²) in [4.78, 5) is 0. The van der Waals surface area contributed by atoms with Crippen LogP contribution in [0, 0.1) is 0 Å². The Labute approximate surface area is 147 Å². The SMILES string of the molecule is c1ccc(C2=NN3C(C2)c2ccccc2OC3c2ccccc2)cc1. The van der Waals surface area contributed by atoms with Crippen molar-refractivity contribution in [1.82, 2.24) is 5.01 Å². The number of para-hydroxylation sites is 1. The van der Waals surface area contributed by atoms with Gasteiger partial charge in [0.1, 0.15) is 5.75 Å². The zero-order valence-corrected chi connectivity index (χ0v) is 13.7. The van der Waals surface area contributed by atoms with Gasteiger partial charge in [0.05, 0.1) is 11.8 Å². The van der Waals surface area contributed by atoms with Crippen LogP contribution in [0.5, 0.6) is 5.75 Å². The van der Waals surface area contributed by atoms with E-state index in [1.54, 1.807) is 0 Å². The fraction of sp³-hybridized carbons (Fsp3) is 0.136. The van der Waals surface area contributed by atoms with Gasteiger partial charge in [-0.2, -0.15) is 5.10 Å². The summed E-state index contributed by atoms with van der Waals surface area (Å²) in [6.07, 6.45) is 0.704.